The first-order valence-corrected chi connectivity index (χ1v) is 12.5. The van der Waals surface area contributed by atoms with E-state index in [1.165, 1.54) is 24.8 Å². The predicted molar refractivity (Wildman–Crippen MR) is 138 cm³/mol. The van der Waals surface area contributed by atoms with Crippen LogP contribution in [0.25, 0.3) is 0 Å². The van der Waals surface area contributed by atoms with E-state index in [1.54, 1.807) is 13.0 Å². The molecule has 0 bridgehead atoms. The van der Waals surface area contributed by atoms with Crippen LogP contribution in [0.2, 0.25) is 0 Å². The molecule has 1 amide bonds. The summed E-state index contributed by atoms with van der Waals surface area (Å²) in [5.41, 5.74) is 2.89. The Bertz CT molecular complexity index is 929. The number of aryl methyl sites for hydroxylation is 1. The van der Waals surface area contributed by atoms with Gasteiger partial charge in [-0.15, -0.1) is 0 Å². The number of amides is 1. The molecule has 6 nitrogen and oxygen atoms in total. The first kappa shape index (κ1) is 26.0. The lowest BCUT2D eigenvalue weighted by Gasteiger charge is -2.33. The Kier molecular flexibility index (Phi) is 8.95. The zero-order chi connectivity index (χ0) is 24.7. The van der Waals surface area contributed by atoms with E-state index < -0.39 is 0 Å². The van der Waals surface area contributed by atoms with Crippen molar-refractivity contribution in [1.29, 1.82) is 0 Å². The van der Waals surface area contributed by atoms with Crippen LogP contribution in [0.15, 0.2) is 36.5 Å². The van der Waals surface area contributed by atoms with Crippen LogP contribution in [0.1, 0.15) is 74.9 Å². The van der Waals surface area contributed by atoms with Gasteiger partial charge in [0.05, 0.1) is 13.2 Å². The average molecular weight is 468 g/mol. The highest BCUT2D eigenvalue weighted by Gasteiger charge is 2.21. The number of ether oxygens (including phenoxy) is 1. The summed E-state index contributed by atoms with van der Waals surface area (Å²) in [6.07, 6.45) is 6.60. The van der Waals surface area contributed by atoms with E-state index in [-0.39, 0.29) is 24.0 Å². The van der Waals surface area contributed by atoms with Crippen molar-refractivity contribution in [2.75, 3.05) is 31.2 Å². The van der Waals surface area contributed by atoms with Crippen LogP contribution in [0, 0.1) is 12.8 Å². The minimum Gasteiger partial charge on any atom is -0.494 e. The fourth-order valence-electron chi connectivity index (χ4n) is 4.36. The fourth-order valence-corrected chi connectivity index (χ4v) is 4.36. The molecule has 3 rings (SSSR count). The van der Waals surface area contributed by atoms with Crippen LogP contribution in [0.5, 0.6) is 5.75 Å². The number of benzene rings is 1. The van der Waals surface area contributed by atoms with Gasteiger partial charge in [0.1, 0.15) is 11.6 Å². The van der Waals surface area contributed by atoms with Crippen LogP contribution in [-0.2, 0) is 5.41 Å². The summed E-state index contributed by atoms with van der Waals surface area (Å²) < 4.78 is 5.95. The second-order valence-electron chi connectivity index (χ2n) is 10.6. The predicted octanol–water partition coefficient (Wildman–Crippen LogP) is 4.87. The maximum absolute atomic E-state index is 12.3. The van der Waals surface area contributed by atoms with E-state index in [2.05, 4.69) is 43.1 Å². The summed E-state index contributed by atoms with van der Waals surface area (Å²) >= 11 is 0. The Labute approximate surface area is 204 Å². The van der Waals surface area contributed by atoms with Gasteiger partial charge in [-0.05, 0) is 86.3 Å². The molecule has 186 valence electrons. The van der Waals surface area contributed by atoms with Crippen LogP contribution < -0.4 is 15.0 Å². The molecule has 1 atom stereocenters. The molecule has 6 heteroatoms. The fraction of sp³-hybridized carbons (Fsp3) is 0.571. The molecule has 1 aliphatic heterocycles. The zero-order valence-electron chi connectivity index (χ0n) is 21.4. The van der Waals surface area contributed by atoms with Gasteiger partial charge >= 0.3 is 0 Å². The Balaban J connectivity index is 1.38. The van der Waals surface area contributed by atoms with Crippen molar-refractivity contribution in [2.24, 2.45) is 5.92 Å². The molecule has 0 spiro atoms. The Morgan fingerprint density at radius 2 is 1.97 bits per heavy atom. The Morgan fingerprint density at radius 3 is 2.56 bits per heavy atom. The van der Waals surface area contributed by atoms with Gasteiger partial charge < -0.3 is 20.1 Å². The maximum atomic E-state index is 12.3. The van der Waals surface area contributed by atoms with Crippen LogP contribution in [0.3, 0.4) is 0 Å². The van der Waals surface area contributed by atoms with Crippen molar-refractivity contribution < 1.29 is 14.6 Å². The Morgan fingerprint density at radius 1 is 1.24 bits per heavy atom. The van der Waals surface area contributed by atoms with Gasteiger partial charge in [-0.3, -0.25) is 4.79 Å². The molecule has 1 saturated heterocycles. The highest BCUT2D eigenvalue weighted by Crippen LogP contribution is 2.27. The standard InChI is InChI=1S/C28H41N3O3/c1-20-17-24(9-10-25(20)27(33)30-21(2)19-32)34-16-6-7-22-12-14-31(15-13-22)26-11-8-23(18-29-26)28(3,4)5/h8-11,17-18,21-22,32H,6-7,12-16,19H2,1-5H3,(H,30,33). The van der Waals surface area contributed by atoms with Crippen LogP contribution in [0.4, 0.5) is 5.82 Å². The van der Waals surface area contributed by atoms with E-state index in [0.29, 0.717) is 12.2 Å². The summed E-state index contributed by atoms with van der Waals surface area (Å²) in [6.45, 7) is 13.1. The van der Waals surface area contributed by atoms with E-state index in [4.69, 9.17) is 14.8 Å². The molecule has 2 N–H and O–H groups in total. The summed E-state index contributed by atoms with van der Waals surface area (Å²) in [5.74, 6) is 2.45. The number of aromatic nitrogens is 1. The number of carbonyl (C=O) groups excluding carboxylic acids is 1. The third-order valence-electron chi connectivity index (χ3n) is 6.67. The smallest absolute Gasteiger partial charge is 0.251 e. The number of hydrogen-bond acceptors (Lipinski definition) is 5. The van der Waals surface area contributed by atoms with E-state index in [9.17, 15) is 4.79 Å². The van der Waals surface area contributed by atoms with E-state index >= 15 is 0 Å². The third-order valence-corrected chi connectivity index (χ3v) is 6.67. The van der Waals surface area contributed by atoms with Crippen molar-refractivity contribution >= 4 is 11.7 Å². The monoisotopic (exact) mass is 467 g/mol. The quantitative estimate of drug-likeness (QED) is 0.515. The largest absolute Gasteiger partial charge is 0.494 e. The number of nitrogens with one attached hydrogen (secondary N) is 1. The number of aliphatic hydroxyl groups is 1. The zero-order valence-corrected chi connectivity index (χ0v) is 21.4. The third kappa shape index (κ3) is 7.20. The van der Waals surface area contributed by atoms with E-state index in [0.717, 1.165) is 42.6 Å². The molecule has 0 saturated carbocycles. The number of pyridine rings is 1. The number of carbonyl (C=O) groups is 1. The second kappa shape index (κ2) is 11.7. The van der Waals surface area contributed by atoms with Crippen molar-refractivity contribution in [3.8, 4) is 5.75 Å². The lowest BCUT2D eigenvalue weighted by atomic mass is 9.88. The average Bonchev–Trinajstić information content (AvgIpc) is 2.81. The van der Waals surface area contributed by atoms with Gasteiger partial charge in [-0.25, -0.2) is 4.98 Å². The minimum absolute atomic E-state index is 0.0769. The number of piperidine rings is 1. The van der Waals surface area contributed by atoms with Gasteiger partial charge in [-0.1, -0.05) is 26.8 Å². The number of rotatable bonds is 9. The lowest BCUT2D eigenvalue weighted by molar-refractivity contribution is 0.0921. The minimum atomic E-state index is -0.264. The van der Waals surface area contributed by atoms with Crippen molar-refractivity contribution in [3.63, 3.8) is 0 Å². The molecule has 2 aromatic rings. The molecular formula is C28H41N3O3. The molecule has 1 aliphatic rings. The lowest BCUT2D eigenvalue weighted by Crippen LogP contribution is -2.35. The van der Waals surface area contributed by atoms with Gasteiger partial charge in [0.2, 0.25) is 0 Å². The van der Waals surface area contributed by atoms with Gasteiger partial charge in [-0.2, -0.15) is 0 Å². The van der Waals surface area contributed by atoms with E-state index in [1.807, 2.05) is 25.3 Å². The van der Waals surface area contributed by atoms with Crippen LogP contribution >= 0.6 is 0 Å². The number of aliphatic hydroxyl groups excluding tert-OH is 1. The van der Waals surface area contributed by atoms with Crippen molar-refractivity contribution in [2.45, 2.75) is 71.8 Å². The summed E-state index contributed by atoms with van der Waals surface area (Å²) in [7, 11) is 0. The molecule has 1 unspecified atom stereocenters. The second-order valence-corrected chi connectivity index (χ2v) is 10.6. The van der Waals surface area contributed by atoms with Gasteiger partial charge in [0.25, 0.3) is 5.91 Å². The number of anilines is 1. The van der Waals surface area contributed by atoms with Crippen molar-refractivity contribution in [1.82, 2.24) is 10.3 Å². The molecule has 0 aliphatic carbocycles. The molecular weight excluding hydrogens is 426 g/mol. The highest BCUT2D eigenvalue weighted by molar-refractivity contribution is 5.95. The van der Waals surface area contributed by atoms with Crippen LogP contribution in [-0.4, -0.2) is 48.3 Å². The molecule has 1 aromatic carbocycles. The molecule has 1 aromatic heterocycles. The number of hydrogen-bond donors (Lipinski definition) is 2. The summed E-state index contributed by atoms with van der Waals surface area (Å²) in [5, 5.41) is 11.9. The Hall–Kier alpha value is -2.60. The SMILES string of the molecule is Cc1cc(OCCCC2CCN(c3ccc(C(C)(C)C)cn3)CC2)ccc1C(=O)NC(C)CO. The maximum Gasteiger partial charge on any atom is 0.251 e. The molecule has 2 heterocycles. The molecule has 1 fully saturated rings. The van der Waals surface area contributed by atoms with Gasteiger partial charge in [0, 0.05) is 30.9 Å². The molecule has 34 heavy (non-hydrogen) atoms. The summed E-state index contributed by atoms with van der Waals surface area (Å²) in [4.78, 5) is 19.4. The highest BCUT2D eigenvalue weighted by atomic mass is 16.5. The summed E-state index contributed by atoms with van der Waals surface area (Å²) in [6, 6.07) is 9.67. The normalized spacial score (nSPS) is 15.8. The molecule has 0 radical (unpaired) electrons. The topological polar surface area (TPSA) is 74.7 Å². The first-order chi connectivity index (χ1) is 16.2. The first-order valence-electron chi connectivity index (χ1n) is 12.5. The van der Waals surface area contributed by atoms with Gasteiger partial charge in [0.15, 0.2) is 0 Å². The van der Waals surface area contributed by atoms with Crippen molar-refractivity contribution in [3.05, 3.63) is 53.2 Å². The number of nitrogens with zero attached hydrogens (tertiary/aromatic N) is 2.